The molecule has 0 aliphatic heterocycles. The van der Waals surface area contributed by atoms with Crippen LogP contribution in [0.25, 0.3) is 99.5 Å². The number of benzene rings is 10. The van der Waals surface area contributed by atoms with E-state index in [1.165, 1.54) is 110 Å². The van der Waals surface area contributed by atoms with E-state index in [2.05, 4.69) is 246 Å². The Kier molecular flexibility index (Phi) is 8.01. The van der Waals surface area contributed by atoms with Gasteiger partial charge in [0.15, 0.2) is 0 Å². The van der Waals surface area contributed by atoms with Crippen LogP contribution in [0.15, 0.2) is 237 Å². The lowest BCUT2D eigenvalue weighted by Crippen LogP contribution is -1.99. The molecule has 0 radical (unpaired) electrons. The van der Waals surface area contributed by atoms with Gasteiger partial charge in [0.25, 0.3) is 0 Å². The molecule has 0 N–H and O–H groups in total. The minimum Gasteiger partial charge on any atom is -0.309 e. The van der Waals surface area contributed by atoms with Crippen LogP contribution in [0.4, 0.5) is 0 Å². The van der Waals surface area contributed by atoms with Crippen molar-refractivity contribution >= 4 is 43.6 Å². The molecule has 1 aliphatic rings. The first-order valence-corrected chi connectivity index (χ1v) is 21.9. The summed E-state index contributed by atoms with van der Waals surface area (Å²) in [6, 6.07) is 87.1. The molecule has 2 heteroatoms. The fourth-order valence-electron chi connectivity index (χ4n) is 10.5. The fraction of sp³-hybridized carbons (Fsp3) is 0.0164. The summed E-state index contributed by atoms with van der Waals surface area (Å²) in [4.78, 5) is 0. The Morgan fingerprint density at radius 2 is 0.683 bits per heavy atom. The van der Waals surface area contributed by atoms with Crippen molar-refractivity contribution in [1.29, 1.82) is 0 Å². The molecule has 0 spiro atoms. The van der Waals surface area contributed by atoms with Gasteiger partial charge in [-0.05, 0) is 128 Å². The van der Waals surface area contributed by atoms with Gasteiger partial charge in [-0.25, -0.2) is 0 Å². The molecule has 2 heterocycles. The normalized spacial score (nSPS) is 13.2. The average Bonchev–Trinajstić information content (AvgIpc) is 4.00. The molecule has 294 valence electrons. The first kappa shape index (κ1) is 35.5. The number of para-hydroxylation sites is 3. The predicted molar refractivity (Wildman–Crippen MR) is 264 cm³/mol. The Morgan fingerprint density at radius 1 is 0.254 bits per heavy atom. The topological polar surface area (TPSA) is 9.86 Å². The second-order valence-corrected chi connectivity index (χ2v) is 16.9. The van der Waals surface area contributed by atoms with Gasteiger partial charge in [-0.1, -0.05) is 170 Å². The van der Waals surface area contributed by atoms with Crippen molar-refractivity contribution in [1.82, 2.24) is 9.13 Å². The molecule has 0 amide bonds. The number of aromatic nitrogens is 2. The average molecular weight is 801 g/mol. The minimum absolute atomic E-state index is 0.166. The zero-order valence-electron chi connectivity index (χ0n) is 34.5. The van der Waals surface area contributed by atoms with Crippen molar-refractivity contribution in [2.24, 2.45) is 0 Å². The summed E-state index contributed by atoms with van der Waals surface area (Å²) in [5.41, 5.74) is 21.2. The van der Waals surface area contributed by atoms with Crippen LogP contribution in [0.1, 0.15) is 22.6 Å². The van der Waals surface area contributed by atoms with Crippen molar-refractivity contribution < 1.29 is 0 Å². The maximum atomic E-state index is 2.42. The Morgan fingerprint density at radius 3 is 1.35 bits per heavy atom. The summed E-state index contributed by atoms with van der Waals surface area (Å²) >= 11 is 0. The number of hydrogen-bond donors (Lipinski definition) is 0. The molecule has 63 heavy (non-hydrogen) atoms. The first-order valence-electron chi connectivity index (χ1n) is 21.9. The summed E-state index contributed by atoms with van der Waals surface area (Å²) in [5.74, 6) is 0.166. The molecule has 0 saturated heterocycles. The summed E-state index contributed by atoms with van der Waals surface area (Å²) in [6.07, 6.45) is 0. The predicted octanol–water partition coefficient (Wildman–Crippen LogP) is 16.0. The fourth-order valence-corrected chi connectivity index (χ4v) is 10.5. The van der Waals surface area contributed by atoms with Crippen LogP contribution in [0.3, 0.4) is 0 Å². The molecule has 12 aromatic rings. The van der Waals surface area contributed by atoms with E-state index in [-0.39, 0.29) is 5.92 Å². The van der Waals surface area contributed by atoms with Crippen molar-refractivity contribution in [2.75, 3.05) is 0 Å². The molecule has 1 aliphatic carbocycles. The van der Waals surface area contributed by atoms with Gasteiger partial charge >= 0.3 is 0 Å². The van der Waals surface area contributed by atoms with Crippen LogP contribution in [0.5, 0.6) is 0 Å². The summed E-state index contributed by atoms with van der Waals surface area (Å²) in [6.45, 7) is 0. The van der Waals surface area contributed by atoms with Crippen LogP contribution in [-0.2, 0) is 0 Å². The summed E-state index contributed by atoms with van der Waals surface area (Å²) in [5, 5.41) is 5.06. The van der Waals surface area contributed by atoms with Crippen LogP contribution in [0.2, 0.25) is 0 Å². The van der Waals surface area contributed by atoms with Gasteiger partial charge in [0.2, 0.25) is 0 Å². The molecule has 2 nitrogen and oxygen atoms in total. The highest BCUT2D eigenvalue weighted by molar-refractivity contribution is 6.11. The zero-order chi connectivity index (χ0) is 41.4. The van der Waals surface area contributed by atoms with Crippen molar-refractivity contribution in [3.05, 3.63) is 253 Å². The van der Waals surface area contributed by atoms with E-state index in [1.54, 1.807) is 0 Å². The Balaban J connectivity index is 0.848. The molecule has 10 aromatic carbocycles. The number of nitrogens with zero attached hydrogens (tertiary/aromatic N) is 2. The van der Waals surface area contributed by atoms with Crippen LogP contribution >= 0.6 is 0 Å². The molecule has 2 aromatic heterocycles. The van der Waals surface area contributed by atoms with E-state index in [0.29, 0.717) is 0 Å². The van der Waals surface area contributed by atoms with E-state index >= 15 is 0 Å². The van der Waals surface area contributed by atoms with Gasteiger partial charge in [0.05, 0.1) is 22.1 Å². The van der Waals surface area contributed by atoms with E-state index in [1.807, 2.05) is 0 Å². The molecule has 0 bridgehead atoms. The number of rotatable bonds is 6. The third-order valence-electron chi connectivity index (χ3n) is 13.4. The van der Waals surface area contributed by atoms with Crippen LogP contribution in [0, 0.1) is 0 Å². The molecule has 1 atom stereocenters. The van der Waals surface area contributed by atoms with Gasteiger partial charge < -0.3 is 9.13 Å². The quantitative estimate of drug-likeness (QED) is 0.159. The maximum absolute atomic E-state index is 2.42. The maximum Gasteiger partial charge on any atom is 0.0541 e. The summed E-state index contributed by atoms with van der Waals surface area (Å²) in [7, 11) is 0. The smallest absolute Gasteiger partial charge is 0.0541 e. The molecule has 0 saturated carbocycles. The third-order valence-corrected chi connectivity index (χ3v) is 13.4. The standard InChI is InChI=1S/C61H40N2/c1-3-13-40(14-4-1)41-27-32-48(33-28-41)63-58-22-12-10-18-50(58)55-38-44(30-35-60(55)63)42-23-25-43(26-24-42)61-52-20-8-7-17-49(52)54-37-45(29-34-53(54)61)46-31-36-59-56(39-46)51-19-9-11-21-57(51)62(59)47-15-5-2-6-16-47/h1-39,61H. The van der Waals surface area contributed by atoms with Crippen LogP contribution < -0.4 is 0 Å². The first-order chi connectivity index (χ1) is 31.2. The van der Waals surface area contributed by atoms with Crippen LogP contribution in [-0.4, -0.2) is 9.13 Å². The highest BCUT2D eigenvalue weighted by Crippen LogP contribution is 2.49. The second kappa shape index (κ2) is 14.2. The highest BCUT2D eigenvalue weighted by atomic mass is 15.0. The molecular formula is C61H40N2. The lowest BCUT2D eigenvalue weighted by molar-refractivity contribution is 1.02. The molecule has 0 fully saturated rings. The molecule has 1 unspecified atom stereocenters. The van der Waals surface area contributed by atoms with Crippen molar-refractivity contribution in [3.63, 3.8) is 0 Å². The number of fused-ring (bicyclic) bond motifs is 9. The van der Waals surface area contributed by atoms with E-state index in [9.17, 15) is 0 Å². The van der Waals surface area contributed by atoms with Gasteiger partial charge in [0.1, 0.15) is 0 Å². The summed E-state index contributed by atoms with van der Waals surface area (Å²) < 4.78 is 4.78. The van der Waals surface area contributed by atoms with Gasteiger partial charge in [-0.3, -0.25) is 0 Å². The second-order valence-electron chi connectivity index (χ2n) is 16.9. The van der Waals surface area contributed by atoms with E-state index in [0.717, 1.165) is 5.69 Å². The highest BCUT2D eigenvalue weighted by Gasteiger charge is 2.30. The minimum atomic E-state index is 0.166. The van der Waals surface area contributed by atoms with Gasteiger partial charge in [0, 0.05) is 38.8 Å². The lowest BCUT2D eigenvalue weighted by atomic mass is 9.88. The van der Waals surface area contributed by atoms with Gasteiger partial charge in [-0.2, -0.15) is 0 Å². The van der Waals surface area contributed by atoms with Crippen molar-refractivity contribution in [2.45, 2.75) is 5.92 Å². The molecular weight excluding hydrogens is 761 g/mol. The third kappa shape index (κ3) is 5.65. The van der Waals surface area contributed by atoms with E-state index in [4.69, 9.17) is 0 Å². The Hall–Kier alpha value is -8.20. The Bertz CT molecular complexity index is 3700. The lowest BCUT2D eigenvalue weighted by Gasteiger charge is -2.16. The zero-order valence-corrected chi connectivity index (χ0v) is 34.5. The van der Waals surface area contributed by atoms with Crippen molar-refractivity contribution in [3.8, 4) is 55.9 Å². The van der Waals surface area contributed by atoms with Gasteiger partial charge in [-0.15, -0.1) is 0 Å². The van der Waals surface area contributed by atoms with E-state index < -0.39 is 0 Å². The SMILES string of the molecule is c1ccc(-c2ccc(-n3c4ccccc4c4cc(-c5ccc(C6c7ccccc7-c7cc(-c8ccc9c(c8)c8ccccc8n9-c8ccccc8)ccc76)cc5)ccc43)cc2)cc1. The molecule has 13 rings (SSSR count). The largest absolute Gasteiger partial charge is 0.309 e. The monoisotopic (exact) mass is 800 g/mol. The number of hydrogen-bond acceptors (Lipinski definition) is 0. The Labute approximate surface area is 366 Å².